The first-order valence-corrected chi connectivity index (χ1v) is 8.05. The molecule has 0 bridgehead atoms. The Morgan fingerprint density at radius 3 is 2.53 bits per heavy atom. The van der Waals surface area contributed by atoms with Crippen molar-refractivity contribution >= 4 is 0 Å². The quantitative estimate of drug-likeness (QED) is 0.644. The summed E-state index contributed by atoms with van der Waals surface area (Å²) in [7, 11) is 0. The van der Waals surface area contributed by atoms with Crippen molar-refractivity contribution in [3.05, 3.63) is 0 Å². The second-order valence-corrected chi connectivity index (χ2v) is 5.88. The first-order chi connectivity index (χ1) is 8.31. The molecule has 1 fully saturated rings. The molecule has 0 aliphatic heterocycles. The lowest BCUT2D eigenvalue weighted by molar-refractivity contribution is 0.241. The van der Waals surface area contributed by atoms with Crippen molar-refractivity contribution in [2.24, 2.45) is 11.8 Å². The summed E-state index contributed by atoms with van der Waals surface area (Å²) in [5, 5.41) is 3.88. The van der Waals surface area contributed by atoms with E-state index in [4.69, 9.17) is 0 Å². The second-order valence-electron chi connectivity index (χ2n) is 5.88. The number of hydrogen-bond donors (Lipinski definition) is 1. The second kappa shape index (κ2) is 8.97. The van der Waals surface area contributed by atoms with Crippen LogP contribution in [-0.2, 0) is 0 Å². The van der Waals surface area contributed by atoms with Gasteiger partial charge in [-0.2, -0.15) is 0 Å². The normalized spacial score (nSPS) is 27.0. The van der Waals surface area contributed by atoms with Crippen molar-refractivity contribution in [1.82, 2.24) is 5.32 Å². The Kier molecular flexibility index (Phi) is 7.92. The lowest BCUT2D eigenvalue weighted by Crippen LogP contribution is -2.40. The van der Waals surface area contributed by atoms with Crippen molar-refractivity contribution in [1.29, 1.82) is 0 Å². The van der Waals surface area contributed by atoms with Gasteiger partial charge in [-0.1, -0.05) is 59.3 Å². The Labute approximate surface area is 109 Å². The minimum atomic E-state index is 0.824. The SMILES string of the molecule is CCCCC(CC)CNC1CCCCC1CC. The van der Waals surface area contributed by atoms with Crippen molar-refractivity contribution in [3.8, 4) is 0 Å². The van der Waals surface area contributed by atoms with E-state index in [1.807, 2.05) is 0 Å². The molecule has 0 heterocycles. The monoisotopic (exact) mass is 239 g/mol. The van der Waals surface area contributed by atoms with Gasteiger partial charge in [-0.3, -0.25) is 0 Å². The fraction of sp³-hybridized carbons (Fsp3) is 1.00. The lowest BCUT2D eigenvalue weighted by Gasteiger charge is -2.33. The number of hydrogen-bond acceptors (Lipinski definition) is 1. The third kappa shape index (κ3) is 5.42. The molecule has 0 aromatic heterocycles. The molecule has 1 heteroatoms. The Morgan fingerprint density at radius 2 is 1.88 bits per heavy atom. The summed E-state index contributed by atoms with van der Waals surface area (Å²) in [6, 6.07) is 0.824. The van der Waals surface area contributed by atoms with E-state index in [0.717, 1.165) is 17.9 Å². The molecule has 1 saturated carbocycles. The molecule has 3 unspecified atom stereocenters. The van der Waals surface area contributed by atoms with Crippen molar-refractivity contribution < 1.29 is 0 Å². The van der Waals surface area contributed by atoms with Gasteiger partial charge in [0, 0.05) is 6.04 Å². The van der Waals surface area contributed by atoms with Gasteiger partial charge in [0.1, 0.15) is 0 Å². The molecule has 0 aromatic carbocycles. The third-order valence-corrected chi connectivity index (χ3v) is 4.65. The Bertz CT molecular complexity index is 178. The van der Waals surface area contributed by atoms with Crippen LogP contribution in [0.1, 0.15) is 78.6 Å². The van der Waals surface area contributed by atoms with Gasteiger partial charge in [-0.25, -0.2) is 0 Å². The van der Waals surface area contributed by atoms with Crippen molar-refractivity contribution in [2.75, 3.05) is 6.54 Å². The van der Waals surface area contributed by atoms with Crippen LogP contribution in [0.15, 0.2) is 0 Å². The maximum Gasteiger partial charge on any atom is 0.00953 e. The van der Waals surface area contributed by atoms with Crippen LogP contribution in [-0.4, -0.2) is 12.6 Å². The van der Waals surface area contributed by atoms with Crippen LogP contribution in [0.3, 0.4) is 0 Å². The molecule has 0 spiro atoms. The van der Waals surface area contributed by atoms with Crippen LogP contribution in [0.2, 0.25) is 0 Å². The fourth-order valence-corrected chi connectivity index (χ4v) is 3.23. The van der Waals surface area contributed by atoms with Crippen LogP contribution in [0, 0.1) is 11.8 Å². The van der Waals surface area contributed by atoms with E-state index >= 15 is 0 Å². The zero-order valence-electron chi connectivity index (χ0n) is 12.3. The van der Waals surface area contributed by atoms with Gasteiger partial charge in [-0.15, -0.1) is 0 Å². The molecule has 0 amide bonds. The zero-order valence-corrected chi connectivity index (χ0v) is 12.3. The molecule has 0 saturated heterocycles. The minimum absolute atomic E-state index is 0.824. The van der Waals surface area contributed by atoms with E-state index in [1.54, 1.807) is 0 Å². The van der Waals surface area contributed by atoms with E-state index in [9.17, 15) is 0 Å². The van der Waals surface area contributed by atoms with E-state index in [1.165, 1.54) is 64.3 Å². The number of rotatable bonds is 8. The van der Waals surface area contributed by atoms with E-state index < -0.39 is 0 Å². The highest BCUT2D eigenvalue weighted by Crippen LogP contribution is 2.27. The molecule has 1 nitrogen and oxygen atoms in total. The Balaban J connectivity index is 2.26. The van der Waals surface area contributed by atoms with Crippen LogP contribution in [0.4, 0.5) is 0 Å². The highest BCUT2D eigenvalue weighted by molar-refractivity contribution is 4.80. The highest BCUT2D eigenvalue weighted by atomic mass is 14.9. The summed E-state index contributed by atoms with van der Waals surface area (Å²) in [6.45, 7) is 8.27. The van der Waals surface area contributed by atoms with Gasteiger partial charge in [0.15, 0.2) is 0 Å². The van der Waals surface area contributed by atoms with E-state index in [-0.39, 0.29) is 0 Å². The van der Waals surface area contributed by atoms with Gasteiger partial charge in [-0.05, 0) is 37.6 Å². The van der Waals surface area contributed by atoms with Crippen LogP contribution in [0.25, 0.3) is 0 Å². The fourth-order valence-electron chi connectivity index (χ4n) is 3.23. The standard InChI is InChI=1S/C16H33N/c1-4-7-10-14(5-2)13-17-16-12-9-8-11-15(16)6-3/h14-17H,4-13H2,1-3H3. The molecular weight excluding hydrogens is 206 g/mol. The van der Waals surface area contributed by atoms with Crippen molar-refractivity contribution in [2.45, 2.75) is 84.6 Å². The summed E-state index contributed by atoms with van der Waals surface area (Å²) in [6.07, 6.45) is 12.7. The predicted octanol–water partition coefficient (Wildman–Crippen LogP) is 4.76. The van der Waals surface area contributed by atoms with E-state index in [2.05, 4.69) is 26.1 Å². The predicted molar refractivity (Wildman–Crippen MR) is 77.3 cm³/mol. The van der Waals surface area contributed by atoms with E-state index in [0.29, 0.717) is 0 Å². The first-order valence-electron chi connectivity index (χ1n) is 8.05. The van der Waals surface area contributed by atoms with Gasteiger partial charge in [0.05, 0.1) is 0 Å². The highest BCUT2D eigenvalue weighted by Gasteiger charge is 2.23. The Hall–Kier alpha value is -0.0400. The first kappa shape index (κ1) is 15.0. The Morgan fingerprint density at radius 1 is 1.12 bits per heavy atom. The molecular formula is C16H33N. The molecule has 1 rings (SSSR count). The molecule has 17 heavy (non-hydrogen) atoms. The summed E-state index contributed by atoms with van der Waals surface area (Å²) in [5.41, 5.74) is 0. The minimum Gasteiger partial charge on any atom is -0.313 e. The third-order valence-electron chi connectivity index (χ3n) is 4.65. The molecule has 1 N–H and O–H groups in total. The lowest BCUT2D eigenvalue weighted by atomic mass is 9.82. The van der Waals surface area contributed by atoms with Crippen LogP contribution >= 0.6 is 0 Å². The van der Waals surface area contributed by atoms with Crippen molar-refractivity contribution in [3.63, 3.8) is 0 Å². The van der Waals surface area contributed by atoms with Crippen LogP contribution < -0.4 is 5.32 Å². The average Bonchev–Trinajstić information content (AvgIpc) is 2.39. The summed E-state index contributed by atoms with van der Waals surface area (Å²) in [5.74, 6) is 1.86. The molecule has 0 aromatic rings. The maximum atomic E-state index is 3.88. The summed E-state index contributed by atoms with van der Waals surface area (Å²) in [4.78, 5) is 0. The van der Waals surface area contributed by atoms with Gasteiger partial charge >= 0.3 is 0 Å². The summed E-state index contributed by atoms with van der Waals surface area (Å²) >= 11 is 0. The maximum absolute atomic E-state index is 3.88. The van der Waals surface area contributed by atoms with Gasteiger partial charge < -0.3 is 5.32 Å². The van der Waals surface area contributed by atoms with Crippen LogP contribution in [0.5, 0.6) is 0 Å². The molecule has 102 valence electrons. The van der Waals surface area contributed by atoms with Gasteiger partial charge in [0.25, 0.3) is 0 Å². The molecule has 0 radical (unpaired) electrons. The zero-order chi connectivity index (χ0) is 12.5. The topological polar surface area (TPSA) is 12.0 Å². The molecule has 1 aliphatic carbocycles. The smallest absolute Gasteiger partial charge is 0.00953 e. The average molecular weight is 239 g/mol. The largest absolute Gasteiger partial charge is 0.313 e. The number of unbranched alkanes of at least 4 members (excludes halogenated alkanes) is 1. The molecule has 3 atom stereocenters. The van der Waals surface area contributed by atoms with Gasteiger partial charge in [0.2, 0.25) is 0 Å². The number of nitrogens with one attached hydrogen (secondary N) is 1. The molecule has 1 aliphatic rings. The summed E-state index contributed by atoms with van der Waals surface area (Å²) < 4.78 is 0.